The van der Waals surface area contributed by atoms with Crippen LogP contribution in [0.2, 0.25) is 0 Å². The third-order valence-electron chi connectivity index (χ3n) is 2.88. The van der Waals surface area contributed by atoms with Crippen LogP contribution in [0.5, 0.6) is 0 Å². The SMILES string of the molecule is COCNC(=O)C1(C)CCCCC1. The summed E-state index contributed by atoms with van der Waals surface area (Å²) in [5.41, 5.74) is -0.142. The monoisotopic (exact) mass is 185 g/mol. The van der Waals surface area contributed by atoms with Crippen LogP contribution >= 0.6 is 0 Å². The van der Waals surface area contributed by atoms with Crippen LogP contribution < -0.4 is 5.32 Å². The van der Waals surface area contributed by atoms with Crippen molar-refractivity contribution in [3.63, 3.8) is 0 Å². The Morgan fingerprint density at radius 1 is 1.38 bits per heavy atom. The normalized spacial score (nSPS) is 21.1. The van der Waals surface area contributed by atoms with E-state index < -0.39 is 0 Å². The molecule has 76 valence electrons. The highest BCUT2D eigenvalue weighted by Crippen LogP contribution is 2.35. The van der Waals surface area contributed by atoms with Gasteiger partial charge in [-0.15, -0.1) is 0 Å². The Morgan fingerprint density at radius 3 is 2.54 bits per heavy atom. The highest BCUT2D eigenvalue weighted by atomic mass is 16.5. The van der Waals surface area contributed by atoms with E-state index in [1.807, 2.05) is 0 Å². The van der Waals surface area contributed by atoms with E-state index in [-0.39, 0.29) is 11.3 Å². The summed E-state index contributed by atoms with van der Waals surface area (Å²) >= 11 is 0. The van der Waals surface area contributed by atoms with Crippen molar-refractivity contribution in [3.8, 4) is 0 Å². The number of amides is 1. The minimum absolute atomic E-state index is 0.142. The van der Waals surface area contributed by atoms with Crippen molar-refractivity contribution < 1.29 is 9.53 Å². The molecule has 0 atom stereocenters. The quantitative estimate of drug-likeness (QED) is 0.679. The van der Waals surface area contributed by atoms with Gasteiger partial charge in [0.2, 0.25) is 5.91 Å². The second-order valence-electron chi connectivity index (χ2n) is 4.06. The third kappa shape index (κ3) is 2.69. The Kier molecular flexibility index (Phi) is 3.72. The number of methoxy groups -OCH3 is 1. The molecule has 0 radical (unpaired) electrons. The predicted octanol–water partition coefficient (Wildman–Crippen LogP) is 1.68. The van der Waals surface area contributed by atoms with Gasteiger partial charge in [-0.05, 0) is 12.8 Å². The van der Waals surface area contributed by atoms with Crippen molar-refractivity contribution in [2.75, 3.05) is 13.8 Å². The first-order valence-electron chi connectivity index (χ1n) is 4.96. The molecule has 0 aromatic carbocycles. The van der Waals surface area contributed by atoms with Gasteiger partial charge < -0.3 is 10.1 Å². The molecule has 0 aliphatic heterocycles. The molecule has 1 fully saturated rings. The number of hydrogen-bond acceptors (Lipinski definition) is 2. The average Bonchev–Trinajstić information content (AvgIpc) is 2.15. The van der Waals surface area contributed by atoms with Gasteiger partial charge in [0.1, 0.15) is 6.73 Å². The molecule has 0 unspecified atom stereocenters. The van der Waals surface area contributed by atoms with Crippen LogP contribution in [0.15, 0.2) is 0 Å². The van der Waals surface area contributed by atoms with Crippen LogP contribution in [0.4, 0.5) is 0 Å². The maximum Gasteiger partial charge on any atom is 0.227 e. The van der Waals surface area contributed by atoms with Gasteiger partial charge in [0.15, 0.2) is 0 Å². The fraction of sp³-hybridized carbons (Fsp3) is 0.900. The lowest BCUT2D eigenvalue weighted by Gasteiger charge is -2.31. The summed E-state index contributed by atoms with van der Waals surface area (Å²) in [6, 6.07) is 0. The Bertz CT molecular complexity index is 174. The second-order valence-corrected chi connectivity index (χ2v) is 4.06. The smallest absolute Gasteiger partial charge is 0.227 e. The maximum atomic E-state index is 11.7. The molecule has 1 amide bonds. The van der Waals surface area contributed by atoms with Gasteiger partial charge in [-0.1, -0.05) is 26.2 Å². The molecular formula is C10H19NO2. The molecule has 0 heterocycles. The van der Waals surface area contributed by atoms with Gasteiger partial charge in [-0.3, -0.25) is 4.79 Å². The van der Waals surface area contributed by atoms with Crippen molar-refractivity contribution in [2.45, 2.75) is 39.0 Å². The molecular weight excluding hydrogens is 166 g/mol. The zero-order valence-electron chi connectivity index (χ0n) is 8.56. The van der Waals surface area contributed by atoms with E-state index in [0.717, 1.165) is 12.8 Å². The third-order valence-corrected chi connectivity index (χ3v) is 2.88. The molecule has 0 aromatic heterocycles. The van der Waals surface area contributed by atoms with E-state index >= 15 is 0 Å². The first kappa shape index (κ1) is 10.5. The van der Waals surface area contributed by atoms with Gasteiger partial charge in [-0.25, -0.2) is 0 Å². The Balaban J connectivity index is 2.42. The second kappa shape index (κ2) is 4.61. The molecule has 0 spiro atoms. The molecule has 1 aliphatic rings. The summed E-state index contributed by atoms with van der Waals surface area (Å²) in [6.45, 7) is 2.38. The molecule has 1 aliphatic carbocycles. The fourth-order valence-electron chi connectivity index (χ4n) is 1.91. The number of nitrogens with one attached hydrogen (secondary N) is 1. The van der Waals surface area contributed by atoms with Crippen LogP contribution in [0.1, 0.15) is 39.0 Å². The average molecular weight is 185 g/mol. The molecule has 1 rings (SSSR count). The largest absolute Gasteiger partial charge is 0.364 e. The summed E-state index contributed by atoms with van der Waals surface area (Å²) in [5, 5.41) is 2.78. The number of carbonyl (C=O) groups excluding carboxylic acids is 1. The Hall–Kier alpha value is -0.570. The highest BCUT2D eigenvalue weighted by molar-refractivity contribution is 5.82. The summed E-state index contributed by atoms with van der Waals surface area (Å²) in [4.78, 5) is 11.7. The van der Waals surface area contributed by atoms with Crippen LogP contribution in [0.25, 0.3) is 0 Å². The van der Waals surface area contributed by atoms with Gasteiger partial charge in [0, 0.05) is 12.5 Å². The lowest BCUT2D eigenvalue weighted by atomic mass is 9.75. The summed E-state index contributed by atoms with van der Waals surface area (Å²) in [6.07, 6.45) is 5.66. The first-order chi connectivity index (χ1) is 6.19. The highest BCUT2D eigenvalue weighted by Gasteiger charge is 2.33. The molecule has 3 heteroatoms. The Morgan fingerprint density at radius 2 is 2.00 bits per heavy atom. The van der Waals surface area contributed by atoms with Crippen molar-refractivity contribution in [1.29, 1.82) is 0 Å². The van der Waals surface area contributed by atoms with Crippen LogP contribution in [-0.4, -0.2) is 19.7 Å². The first-order valence-corrected chi connectivity index (χ1v) is 4.96. The van der Waals surface area contributed by atoms with E-state index in [1.165, 1.54) is 19.3 Å². The van der Waals surface area contributed by atoms with Crippen molar-refractivity contribution in [2.24, 2.45) is 5.41 Å². The number of ether oxygens (including phenoxy) is 1. The van der Waals surface area contributed by atoms with Crippen LogP contribution in [0.3, 0.4) is 0 Å². The molecule has 0 aromatic rings. The van der Waals surface area contributed by atoms with E-state index in [0.29, 0.717) is 6.73 Å². The van der Waals surface area contributed by atoms with Gasteiger partial charge in [-0.2, -0.15) is 0 Å². The molecule has 3 nitrogen and oxygen atoms in total. The molecule has 13 heavy (non-hydrogen) atoms. The summed E-state index contributed by atoms with van der Waals surface area (Å²) in [7, 11) is 1.59. The Labute approximate surface area is 79.8 Å². The summed E-state index contributed by atoms with van der Waals surface area (Å²) < 4.78 is 4.82. The lowest BCUT2D eigenvalue weighted by molar-refractivity contribution is -0.133. The van der Waals surface area contributed by atoms with Crippen LogP contribution in [-0.2, 0) is 9.53 Å². The van der Waals surface area contributed by atoms with Gasteiger partial charge in [0.05, 0.1) is 0 Å². The fourth-order valence-corrected chi connectivity index (χ4v) is 1.91. The van der Waals surface area contributed by atoms with E-state index in [9.17, 15) is 4.79 Å². The number of hydrogen-bond donors (Lipinski definition) is 1. The zero-order chi connectivity index (χ0) is 9.73. The maximum absolute atomic E-state index is 11.7. The topological polar surface area (TPSA) is 38.3 Å². The van der Waals surface area contributed by atoms with Gasteiger partial charge >= 0.3 is 0 Å². The lowest BCUT2D eigenvalue weighted by Crippen LogP contribution is -2.40. The number of rotatable bonds is 3. The molecule has 1 N–H and O–H groups in total. The van der Waals surface area contributed by atoms with E-state index in [2.05, 4.69) is 12.2 Å². The van der Waals surface area contributed by atoms with Crippen molar-refractivity contribution in [3.05, 3.63) is 0 Å². The molecule has 0 saturated heterocycles. The van der Waals surface area contributed by atoms with Crippen LogP contribution in [0, 0.1) is 5.41 Å². The standard InChI is InChI=1S/C10H19NO2/c1-10(6-4-3-5-7-10)9(12)11-8-13-2/h3-8H2,1-2H3,(H,11,12). The minimum Gasteiger partial charge on any atom is -0.364 e. The van der Waals surface area contributed by atoms with E-state index in [4.69, 9.17) is 4.74 Å². The van der Waals surface area contributed by atoms with Crippen molar-refractivity contribution in [1.82, 2.24) is 5.32 Å². The zero-order valence-corrected chi connectivity index (χ0v) is 8.56. The molecule has 1 saturated carbocycles. The van der Waals surface area contributed by atoms with Gasteiger partial charge in [0.25, 0.3) is 0 Å². The minimum atomic E-state index is -0.142. The van der Waals surface area contributed by atoms with Crippen molar-refractivity contribution >= 4 is 5.91 Å². The number of carbonyl (C=O) groups is 1. The summed E-state index contributed by atoms with van der Waals surface area (Å²) in [5.74, 6) is 0.147. The predicted molar refractivity (Wildman–Crippen MR) is 51.2 cm³/mol. The molecule has 0 bridgehead atoms. The van der Waals surface area contributed by atoms with E-state index in [1.54, 1.807) is 7.11 Å².